The lowest BCUT2D eigenvalue weighted by molar-refractivity contribution is -0.121. The molecule has 1 amide bonds. The summed E-state index contributed by atoms with van der Waals surface area (Å²) in [6, 6.07) is 15.6. The van der Waals surface area contributed by atoms with Crippen LogP contribution in [0.25, 0.3) is 11.0 Å². The van der Waals surface area contributed by atoms with Crippen LogP contribution < -0.4 is 15.7 Å². The van der Waals surface area contributed by atoms with Crippen molar-refractivity contribution < 1.29 is 9.53 Å². The molecule has 0 saturated carbocycles. The molecule has 4 rings (SSSR count). The van der Waals surface area contributed by atoms with Gasteiger partial charge in [-0.3, -0.25) is 18.8 Å². The molecule has 1 aliphatic rings. The Balaban J connectivity index is 1.51. The van der Waals surface area contributed by atoms with Gasteiger partial charge >= 0.3 is 5.69 Å². The Morgan fingerprint density at radius 2 is 1.83 bits per heavy atom. The van der Waals surface area contributed by atoms with Crippen LogP contribution >= 0.6 is 0 Å². The summed E-state index contributed by atoms with van der Waals surface area (Å²) in [5, 5.41) is 3.05. The first-order valence-corrected chi connectivity index (χ1v) is 10.4. The van der Waals surface area contributed by atoms with E-state index in [1.165, 1.54) is 17.4 Å². The molecular weight excluding hydrogens is 380 g/mol. The third kappa shape index (κ3) is 3.98. The van der Waals surface area contributed by atoms with Gasteiger partial charge in [-0.15, -0.1) is 0 Å². The molecule has 0 aliphatic carbocycles. The fraction of sp³-hybridized carbons (Fsp3) is 0.391. The van der Waals surface area contributed by atoms with Crippen molar-refractivity contribution in [3.05, 3.63) is 64.6 Å². The fourth-order valence-corrected chi connectivity index (χ4v) is 4.29. The van der Waals surface area contributed by atoms with E-state index in [-0.39, 0.29) is 24.2 Å². The van der Waals surface area contributed by atoms with Crippen LogP contribution in [-0.2, 0) is 18.4 Å². The van der Waals surface area contributed by atoms with Crippen molar-refractivity contribution in [1.29, 1.82) is 0 Å². The molecule has 158 valence electrons. The third-order valence-corrected chi connectivity index (χ3v) is 5.91. The molecule has 0 spiro atoms. The number of carbonyl (C=O) groups excluding carboxylic acids is 1. The Morgan fingerprint density at radius 1 is 1.10 bits per heavy atom. The number of nitrogens with one attached hydrogen (secondary N) is 1. The summed E-state index contributed by atoms with van der Waals surface area (Å²) < 4.78 is 8.49. The first kappa shape index (κ1) is 20.2. The van der Waals surface area contributed by atoms with E-state index in [1.807, 2.05) is 42.5 Å². The summed E-state index contributed by atoms with van der Waals surface area (Å²) in [4.78, 5) is 27.8. The number of aromatic nitrogens is 2. The number of amides is 1. The number of methoxy groups -OCH3 is 1. The molecule has 1 N–H and O–H groups in total. The summed E-state index contributed by atoms with van der Waals surface area (Å²) >= 11 is 0. The number of hydrogen-bond donors (Lipinski definition) is 1. The van der Waals surface area contributed by atoms with Gasteiger partial charge in [0.2, 0.25) is 5.91 Å². The second kappa shape index (κ2) is 8.75. The highest BCUT2D eigenvalue weighted by molar-refractivity contribution is 5.80. The molecule has 7 nitrogen and oxygen atoms in total. The highest BCUT2D eigenvalue weighted by Crippen LogP contribution is 2.27. The van der Waals surface area contributed by atoms with E-state index in [0.29, 0.717) is 6.54 Å². The van der Waals surface area contributed by atoms with Crippen LogP contribution in [0.3, 0.4) is 0 Å². The molecule has 1 unspecified atom stereocenters. The van der Waals surface area contributed by atoms with Crippen molar-refractivity contribution in [3.8, 4) is 5.75 Å². The predicted molar refractivity (Wildman–Crippen MR) is 117 cm³/mol. The molecule has 2 aromatic carbocycles. The van der Waals surface area contributed by atoms with Gasteiger partial charge in [0.05, 0.1) is 24.2 Å². The second-order valence-electron chi connectivity index (χ2n) is 7.76. The summed E-state index contributed by atoms with van der Waals surface area (Å²) in [6.07, 6.45) is 2.33. The highest BCUT2D eigenvalue weighted by atomic mass is 16.5. The maximum Gasteiger partial charge on any atom is 0.329 e. The normalized spacial score (nSPS) is 15.4. The van der Waals surface area contributed by atoms with Crippen LogP contribution in [0.4, 0.5) is 0 Å². The Kier molecular flexibility index (Phi) is 5.90. The number of carbonyl (C=O) groups is 1. The lowest BCUT2D eigenvalue weighted by Gasteiger charge is -2.28. The first-order valence-electron chi connectivity index (χ1n) is 10.4. The zero-order chi connectivity index (χ0) is 21.1. The van der Waals surface area contributed by atoms with E-state index < -0.39 is 0 Å². The molecule has 0 bridgehead atoms. The number of likely N-dealkylation sites (tertiary alicyclic amines) is 1. The van der Waals surface area contributed by atoms with Crippen LogP contribution in [0.1, 0.15) is 24.4 Å². The molecule has 1 aromatic heterocycles. The van der Waals surface area contributed by atoms with Crippen LogP contribution in [0, 0.1) is 0 Å². The molecule has 1 fully saturated rings. The first-order chi connectivity index (χ1) is 14.6. The van der Waals surface area contributed by atoms with Crippen LogP contribution in [0.15, 0.2) is 53.3 Å². The van der Waals surface area contributed by atoms with Gasteiger partial charge in [0, 0.05) is 13.6 Å². The Morgan fingerprint density at radius 3 is 2.57 bits per heavy atom. The molecule has 7 heteroatoms. The van der Waals surface area contributed by atoms with E-state index in [1.54, 1.807) is 18.7 Å². The number of hydrogen-bond acceptors (Lipinski definition) is 4. The number of ether oxygens (including phenoxy) is 1. The van der Waals surface area contributed by atoms with Crippen LogP contribution in [0.5, 0.6) is 5.75 Å². The van der Waals surface area contributed by atoms with E-state index in [2.05, 4.69) is 16.3 Å². The number of rotatable bonds is 7. The lowest BCUT2D eigenvalue weighted by Crippen LogP contribution is -2.39. The average Bonchev–Trinajstić information content (AvgIpc) is 3.38. The maximum atomic E-state index is 12.8. The lowest BCUT2D eigenvalue weighted by atomic mass is 10.0. The number of para-hydroxylation sites is 2. The van der Waals surface area contributed by atoms with Crippen molar-refractivity contribution in [2.45, 2.75) is 25.4 Å². The summed E-state index contributed by atoms with van der Waals surface area (Å²) in [5.74, 6) is 0.644. The Labute approximate surface area is 175 Å². The van der Waals surface area contributed by atoms with Crippen LogP contribution in [-0.4, -0.2) is 46.7 Å². The van der Waals surface area contributed by atoms with Crippen molar-refractivity contribution in [2.24, 2.45) is 7.05 Å². The van der Waals surface area contributed by atoms with Gasteiger partial charge in [-0.2, -0.15) is 0 Å². The minimum absolute atomic E-state index is 0.00498. The summed E-state index contributed by atoms with van der Waals surface area (Å²) in [5.41, 5.74) is 2.53. The monoisotopic (exact) mass is 408 g/mol. The van der Waals surface area contributed by atoms with Gasteiger partial charge in [0.1, 0.15) is 12.3 Å². The molecule has 2 heterocycles. The van der Waals surface area contributed by atoms with Crippen molar-refractivity contribution >= 4 is 16.9 Å². The molecular formula is C23H28N4O3. The zero-order valence-electron chi connectivity index (χ0n) is 17.5. The van der Waals surface area contributed by atoms with Gasteiger partial charge < -0.3 is 10.1 Å². The minimum atomic E-state index is -0.185. The number of nitrogens with zero attached hydrogens (tertiary/aromatic N) is 3. The van der Waals surface area contributed by atoms with E-state index in [4.69, 9.17) is 4.74 Å². The maximum absolute atomic E-state index is 12.8. The smallest absolute Gasteiger partial charge is 0.329 e. The third-order valence-electron chi connectivity index (χ3n) is 5.91. The summed E-state index contributed by atoms with van der Waals surface area (Å²) in [7, 11) is 3.39. The topological polar surface area (TPSA) is 68.5 Å². The Bertz CT molecular complexity index is 1100. The molecule has 1 atom stereocenters. The summed E-state index contributed by atoms with van der Waals surface area (Å²) in [6.45, 7) is 2.53. The largest absolute Gasteiger partial charge is 0.497 e. The predicted octanol–water partition coefficient (Wildman–Crippen LogP) is 2.30. The quantitative estimate of drug-likeness (QED) is 0.651. The molecule has 3 aromatic rings. The van der Waals surface area contributed by atoms with Gasteiger partial charge in [-0.1, -0.05) is 24.3 Å². The van der Waals surface area contributed by atoms with E-state index in [0.717, 1.165) is 35.4 Å². The Hall–Kier alpha value is -3.06. The highest BCUT2D eigenvalue weighted by Gasteiger charge is 2.24. The van der Waals surface area contributed by atoms with E-state index in [9.17, 15) is 9.59 Å². The zero-order valence-corrected chi connectivity index (χ0v) is 17.5. The number of benzene rings is 2. The van der Waals surface area contributed by atoms with E-state index >= 15 is 0 Å². The average molecular weight is 409 g/mol. The van der Waals surface area contributed by atoms with Crippen LogP contribution in [0.2, 0.25) is 0 Å². The minimum Gasteiger partial charge on any atom is -0.497 e. The van der Waals surface area contributed by atoms with Gasteiger partial charge in [-0.25, -0.2) is 4.79 Å². The fourth-order valence-electron chi connectivity index (χ4n) is 4.29. The molecule has 1 saturated heterocycles. The number of aryl methyl sites for hydroxylation is 1. The number of fused-ring (bicyclic) bond motifs is 1. The molecule has 0 radical (unpaired) electrons. The number of imidazole rings is 1. The molecule has 30 heavy (non-hydrogen) atoms. The van der Waals surface area contributed by atoms with Crippen molar-refractivity contribution in [3.63, 3.8) is 0 Å². The second-order valence-corrected chi connectivity index (χ2v) is 7.76. The van der Waals surface area contributed by atoms with Crippen molar-refractivity contribution in [1.82, 2.24) is 19.4 Å². The molecule has 1 aliphatic heterocycles. The standard InChI is InChI=1S/C23H28N4O3/c1-25-19-10-3-4-11-20(19)27(23(25)29)16-22(28)24-15-21(26-12-5-6-13-26)17-8-7-9-18(14-17)30-2/h3-4,7-11,14,21H,5-6,12-13,15-16H2,1-2H3,(H,24,28). The SMILES string of the molecule is COc1cccc(C(CNC(=O)Cn2c(=O)n(C)c3ccccc32)N2CCCC2)c1. The van der Waals surface area contributed by atoms with Gasteiger partial charge in [0.25, 0.3) is 0 Å². The van der Waals surface area contributed by atoms with Gasteiger partial charge in [-0.05, 0) is 55.8 Å². The van der Waals surface area contributed by atoms with Gasteiger partial charge in [0.15, 0.2) is 0 Å². The van der Waals surface area contributed by atoms with Crippen molar-refractivity contribution in [2.75, 3.05) is 26.7 Å².